The molecule has 28 heavy (non-hydrogen) atoms. The molecule has 0 radical (unpaired) electrons. The molecule has 0 aliphatic rings. The number of carbonyl (C=O) groups is 2. The van der Waals surface area contributed by atoms with Crippen LogP contribution in [0, 0.1) is 17.8 Å². The normalized spacial score (nSPS) is 15.5. The molecule has 0 aromatic heterocycles. The van der Waals surface area contributed by atoms with Crippen LogP contribution in [0.3, 0.4) is 0 Å². The molecule has 1 N–H and O–H groups in total. The summed E-state index contributed by atoms with van der Waals surface area (Å²) in [6.45, 7) is 8.19. The molecule has 0 fully saturated rings. The predicted octanol–water partition coefficient (Wildman–Crippen LogP) is 1.94. The topological polar surface area (TPSA) is 135 Å². The monoisotopic (exact) mass is 420 g/mol. The Hall–Kier alpha value is -1.15. The molecular weight excluding hydrogens is 384 g/mol. The predicted molar refractivity (Wildman–Crippen MR) is 104 cm³/mol. The van der Waals surface area contributed by atoms with E-state index in [1.54, 1.807) is 0 Å². The lowest BCUT2D eigenvalue weighted by atomic mass is 9.82. The van der Waals surface area contributed by atoms with E-state index in [-0.39, 0.29) is 12.8 Å². The Bertz CT molecular complexity index is 583. The van der Waals surface area contributed by atoms with Gasteiger partial charge in [0.25, 0.3) is 10.1 Å². The number of carboxylic acids is 2. The quantitative estimate of drug-likeness (QED) is 0.298. The van der Waals surface area contributed by atoms with Crippen molar-refractivity contribution in [2.24, 2.45) is 17.8 Å². The van der Waals surface area contributed by atoms with Crippen molar-refractivity contribution < 1.29 is 32.8 Å². The van der Waals surface area contributed by atoms with Crippen molar-refractivity contribution in [3.05, 3.63) is 0 Å². The number of aliphatic carboxylic acids is 2. The van der Waals surface area contributed by atoms with E-state index in [0.717, 1.165) is 25.7 Å². The Morgan fingerprint density at radius 3 is 1.61 bits per heavy atom. The third-order valence-corrected chi connectivity index (χ3v) is 6.83. The zero-order valence-electron chi connectivity index (χ0n) is 17.6. The van der Waals surface area contributed by atoms with Crippen molar-refractivity contribution >= 4 is 22.1 Å². The maximum Gasteiger partial charge on any atom is 0.276 e. The summed E-state index contributed by atoms with van der Waals surface area (Å²) in [5.41, 5.74) is 0. The number of rotatable bonds is 16. The number of hydrogen-bond donors (Lipinski definition) is 1. The van der Waals surface area contributed by atoms with Crippen molar-refractivity contribution in [2.45, 2.75) is 96.7 Å². The molecule has 0 aromatic carbocycles. The Balaban J connectivity index is 5.35. The number of unbranched alkanes of at least 4 members (excludes halogenated alkanes) is 4. The Morgan fingerprint density at radius 2 is 1.25 bits per heavy atom. The van der Waals surface area contributed by atoms with E-state index in [4.69, 9.17) is 0 Å². The summed E-state index contributed by atoms with van der Waals surface area (Å²) in [7, 11) is -5.21. The van der Waals surface area contributed by atoms with Crippen LogP contribution in [0.2, 0.25) is 0 Å². The van der Waals surface area contributed by atoms with Crippen LogP contribution in [-0.2, 0) is 19.7 Å². The first-order chi connectivity index (χ1) is 12.9. The molecule has 2 atom stereocenters. The maximum atomic E-state index is 12.0. The summed E-state index contributed by atoms with van der Waals surface area (Å²) in [6, 6.07) is 0. The van der Waals surface area contributed by atoms with E-state index in [1.807, 2.05) is 13.8 Å². The summed E-state index contributed by atoms with van der Waals surface area (Å²) in [6.07, 6.45) is 4.41. The lowest BCUT2D eigenvalue weighted by Crippen LogP contribution is -2.62. The first-order valence-electron chi connectivity index (χ1n) is 10.3. The summed E-state index contributed by atoms with van der Waals surface area (Å²) in [5.74, 6) is -4.77. The first kappa shape index (κ1) is 26.9. The molecule has 0 aliphatic carbocycles. The van der Waals surface area contributed by atoms with Crippen LogP contribution in [0.1, 0.15) is 91.9 Å². The summed E-state index contributed by atoms with van der Waals surface area (Å²) >= 11 is 0. The standard InChI is InChI=1S/C20H38O7S/c1-15(2)11-7-5-9-13-17(18(21)22)20(19(23)24,28(25,26)27)14-10-6-8-12-16(3)4/h15-17H,5-14H2,1-4H3,(H,21,22)(H,23,24)(H,25,26,27)/p-2. The Labute approximate surface area is 169 Å². The Morgan fingerprint density at radius 1 is 0.821 bits per heavy atom. The van der Waals surface area contributed by atoms with E-state index in [9.17, 15) is 32.8 Å². The van der Waals surface area contributed by atoms with Gasteiger partial charge in [-0.3, -0.25) is 4.55 Å². The highest BCUT2D eigenvalue weighted by molar-refractivity contribution is 7.88. The molecule has 0 aromatic rings. The molecule has 0 heterocycles. The van der Waals surface area contributed by atoms with E-state index in [2.05, 4.69) is 13.8 Å². The third kappa shape index (κ3) is 8.47. The SMILES string of the molecule is CC(C)CCCCCC(C(=O)[O-])C(CCCCCC(C)C)(C(=O)[O-])S(=O)(=O)O. The van der Waals surface area contributed by atoms with Gasteiger partial charge >= 0.3 is 0 Å². The zero-order valence-corrected chi connectivity index (χ0v) is 18.4. The van der Waals surface area contributed by atoms with Gasteiger partial charge in [0, 0.05) is 11.9 Å². The van der Waals surface area contributed by atoms with Gasteiger partial charge in [0.15, 0.2) is 0 Å². The van der Waals surface area contributed by atoms with Gasteiger partial charge in [-0.2, -0.15) is 8.42 Å². The second-order valence-corrected chi connectivity index (χ2v) is 10.2. The molecule has 0 rings (SSSR count). The molecule has 7 nitrogen and oxygen atoms in total. The van der Waals surface area contributed by atoms with Crippen LogP contribution >= 0.6 is 0 Å². The lowest BCUT2D eigenvalue weighted by molar-refractivity contribution is -0.325. The third-order valence-electron chi connectivity index (χ3n) is 5.26. The highest BCUT2D eigenvalue weighted by Gasteiger charge is 2.51. The molecule has 166 valence electrons. The fourth-order valence-electron chi connectivity index (χ4n) is 3.57. The summed E-state index contributed by atoms with van der Waals surface area (Å²) in [5, 5.41) is 23.5. The van der Waals surface area contributed by atoms with Crippen LogP contribution in [0.15, 0.2) is 0 Å². The fraction of sp³-hybridized carbons (Fsp3) is 0.900. The van der Waals surface area contributed by atoms with E-state index in [0.29, 0.717) is 31.1 Å². The van der Waals surface area contributed by atoms with Gasteiger partial charge in [0.2, 0.25) is 0 Å². The highest BCUT2D eigenvalue weighted by Crippen LogP contribution is 2.35. The van der Waals surface area contributed by atoms with Gasteiger partial charge in [-0.05, 0) is 24.7 Å². The number of hydrogen-bond acceptors (Lipinski definition) is 6. The molecule has 0 saturated heterocycles. The van der Waals surface area contributed by atoms with E-state index < -0.39 is 39.1 Å². The first-order valence-corrected chi connectivity index (χ1v) is 11.7. The zero-order chi connectivity index (χ0) is 22.0. The van der Waals surface area contributed by atoms with Crippen LogP contribution in [0.25, 0.3) is 0 Å². The minimum Gasteiger partial charge on any atom is -0.550 e. The lowest BCUT2D eigenvalue weighted by Gasteiger charge is -2.39. The molecule has 0 bridgehead atoms. The molecule has 0 amide bonds. The highest BCUT2D eigenvalue weighted by atomic mass is 32.2. The van der Waals surface area contributed by atoms with Crippen LogP contribution < -0.4 is 10.2 Å². The van der Waals surface area contributed by atoms with Crippen LogP contribution in [0.4, 0.5) is 0 Å². The second kappa shape index (κ2) is 12.4. The number of carboxylic acid groups (broad SMARTS) is 2. The van der Waals surface area contributed by atoms with Gasteiger partial charge in [-0.15, -0.1) is 0 Å². The molecule has 0 saturated carbocycles. The molecule has 2 unspecified atom stereocenters. The van der Waals surface area contributed by atoms with E-state index in [1.165, 1.54) is 0 Å². The van der Waals surface area contributed by atoms with Gasteiger partial charge in [-0.25, -0.2) is 0 Å². The summed E-state index contributed by atoms with van der Waals surface area (Å²) in [4.78, 5) is 23.5. The van der Waals surface area contributed by atoms with E-state index >= 15 is 0 Å². The fourth-order valence-corrected chi connectivity index (χ4v) is 4.76. The van der Waals surface area contributed by atoms with Crippen molar-refractivity contribution in [1.29, 1.82) is 0 Å². The molecule has 0 spiro atoms. The van der Waals surface area contributed by atoms with Crippen molar-refractivity contribution in [3.8, 4) is 0 Å². The molecule has 8 heteroatoms. The van der Waals surface area contributed by atoms with Crippen molar-refractivity contribution in [3.63, 3.8) is 0 Å². The maximum absolute atomic E-state index is 12.0. The second-order valence-electron chi connectivity index (χ2n) is 8.55. The average molecular weight is 421 g/mol. The number of carbonyl (C=O) groups excluding carboxylic acids is 2. The molecule has 0 aliphatic heterocycles. The van der Waals surface area contributed by atoms with Crippen molar-refractivity contribution in [1.82, 2.24) is 0 Å². The summed E-state index contributed by atoms with van der Waals surface area (Å²) < 4.78 is 30.9. The minimum absolute atomic E-state index is 0.164. The smallest absolute Gasteiger partial charge is 0.276 e. The average Bonchev–Trinajstić information content (AvgIpc) is 2.52. The van der Waals surface area contributed by atoms with Crippen molar-refractivity contribution in [2.75, 3.05) is 0 Å². The van der Waals surface area contributed by atoms with Gasteiger partial charge in [0.05, 0.1) is 5.97 Å². The van der Waals surface area contributed by atoms with Crippen LogP contribution in [-0.4, -0.2) is 29.7 Å². The van der Waals surface area contributed by atoms with Gasteiger partial charge in [0.1, 0.15) is 4.75 Å². The molecular formula is C20H36O7S-2. The van der Waals surface area contributed by atoms with Gasteiger partial charge < -0.3 is 19.8 Å². The van der Waals surface area contributed by atoms with Crippen LogP contribution in [0.5, 0.6) is 0 Å². The largest absolute Gasteiger partial charge is 0.550 e. The van der Waals surface area contributed by atoms with Gasteiger partial charge in [-0.1, -0.05) is 79.1 Å². The Kier molecular flexibility index (Phi) is 11.9. The minimum atomic E-state index is -5.21.